The van der Waals surface area contributed by atoms with Crippen molar-refractivity contribution in [3.05, 3.63) is 34.4 Å². The lowest BCUT2D eigenvalue weighted by Gasteiger charge is -1.95. The fourth-order valence-electron chi connectivity index (χ4n) is 1.35. The molecule has 0 bridgehead atoms. The summed E-state index contributed by atoms with van der Waals surface area (Å²) in [7, 11) is 0. The van der Waals surface area contributed by atoms with Crippen molar-refractivity contribution in [1.82, 2.24) is 20.3 Å². The second-order valence-corrected chi connectivity index (χ2v) is 4.34. The van der Waals surface area contributed by atoms with Crippen LogP contribution in [0.15, 0.2) is 27.5 Å². The van der Waals surface area contributed by atoms with Crippen LogP contribution in [-0.2, 0) is 13.1 Å². The molecule has 0 aliphatic heterocycles. The van der Waals surface area contributed by atoms with E-state index < -0.39 is 0 Å². The van der Waals surface area contributed by atoms with Gasteiger partial charge in [0.05, 0.1) is 16.4 Å². The first-order valence-corrected chi connectivity index (χ1v) is 5.90. The third-order valence-corrected chi connectivity index (χ3v) is 2.49. The average molecular weight is 285 g/mol. The maximum absolute atomic E-state index is 5.21. The highest BCUT2D eigenvalue weighted by Crippen LogP contribution is 2.09. The number of hydrogen-bond acceptors (Lipinski definition) is 4. The van der Waals surface area contributed by atoms with Crippen LogP contribution in [0.2, 0.25) is 0 Å². The first kappa shape index (κ1) is 11.3. The van der Waals surface area contributed by atoms with Crippen LogP contribution < -0.4 is 5.32 Å². The Morgan fingerprint density at radius 1 is 1.56 bits per heavy atom. The van der Waals surface area contributed by atoms with Gasteiger partial charge in [-0.1, -0.05) is 12.1 Å². The van der Waals surface area contributed by atoms with Crippen molar-refractivity contribution in [2.75, 3.05) is 6.54 Å². The Balaban J connectivity index is 1.97. The van der Waals surface area contributed by atoms with Crippen molar-refractivity contribution < 1.29 is 4.52 Å². The van der Waals surface area contributed by atoms with Gasteiger partial charge >= 0.3 is 0 Å². The van der Waals surface area contributed by atoms with Gasteiger partial charge in [0.25, 0.3) is 0 Å². The maximum atomic E-state index is 5.21. The zero-order valence-corrected chi connectivity index (χ0v) is 10.6. The molecule has 2 rings (SSSR count). The van der Waals surface area contributed by atoms with Crippen molar-refractivity contribution >= 4 is 15.9 Å². The molecule has 0 aromatic carbocycles. The topological polar surface area (TPSA) is 55.9 Å². The van der Waals surface area contributed by atoms with E-state index in [9.17, 15) is 0 Å². The molecule has 16 heavy (non-hydrogen) atoms. The molecule has 0 amide bonds. The number of halogens is 1. The average Bonchev–Trinajstić information content (AvgIpc) is 2.86. The van der Waals surface area contributed by atoms with Gasteiger partial charge in [-0.25, -0.2) is 0 Å². The van der Waals surface area contributed by atoms with Crippen LogP contribution in [-0.4, -0.2) is 21.5 Å². The first-order valence-electron chi connectivity index (χ1n) is 5.11. The summed E-state index contributed by atoms with van der Waals surface area (Å²) in [6, 6.07) is 1.94. The third-order valence-electron chi connectivity index (χ3n) is 2.08. The summed E-state index contributed by atoms with van der Waals surface area (Å²) in [6.45, 7) is 4.32. The lowest BCUT2D eigenvalue weighted by atomic mass is 10.3. The molecule has 2 aromatic rings. The van der Waals surface area contributed by atoms with E-state index in [4.69, 9.17) is 4.52 Å². The highest BCUT2D eigenvalue weighted by atomic mass is 79.9. The molecule has 0 unspecified atom stereocenters. The zero-order chi connectivity index (χ0) is 11.4. The predicted molar refractivity (Wildman–Crippen MR) is 62.9 cm³/mol. The van der Waals surface area contributed by atoms with Crippen molar-refractivity contribution in [2.24, 2.45) is 0 Å². The van der Waals surface area contributed by atoms with Gasteiger partial charge in [-0.2, -0.15) is 5.10 Å². The van der Waals surface area contributed by atoms with Crippen molar-refractivity contribution in [1.29, 1.82) is 0 Å². The van der Waals surface area contributed by atoms with Crippen LogP contribution in [0.25, 0.3) is 0 Å². The monoisotopic (exact) mass is 284 g/mol. The number of nitrogens with zero attached hydrogens (tertiary/aromatic N) is 3. The van der Waals surface area contributed by atoms with E-state index in [0.717, 1.165) is 29.0 Å². The number of hydrogen-bond donors (Lipinski definition) is 1. The van der Waals surface area contributed by atoms with E-state index in [1.165, 1.54) is 0 Å². The standard InChI is InChI=1S/C10H13BrN4O/c1-2-12-5-9-3-10(16-14-9)7-15-6-8(11)4-13-15/h3-4,6,12H,2,5,7H2,1H3. The molecule has 0 aliphatic rings. The van der Waals surface area contributed by atoms with Gasteiger partial charge in [0.2, 0.25) is 0 Å². The lowest BCUT2D eigenvalue weighted by molar-refractivity contribution is 0.364. The van der Waals surface area contributed by atoms with Crippen molar-refractivity contribution in [3.63, 3.8) is 0 Å². The second-order valence-electron chi connectivity index (χ2n) is 3.42. The van der Waals surface area contributed by atoms with Crippen LogP contribution in [0.1, 0.15) is 18.4 Å². The highest BCUT2D eigenvalue weighted by Gasteiger charge is 2.05. The summed E-state index contributed by atoms with van der Waals surface area (Å²) >= 11 is 3.35. The molecule has 2 aromatic heterocycles. The van der Waals surface area contributed by atoms with E-state index >= 15 is 0 Å². The van der Waals surface area contributed by atoms with Crippen LogP contribution in [0, 0.1) is 0 Å². The molecule has 86 valence electrons. The third kappa shape index (κ3) is 2.93. The summed E-state index contributed by atoms with van der Waals surface area (Å²) < 4.78 is 7.96. The van der Waals surface area contributed by atoms with Crippen molar-refractivity contribution in [2.45, 2.75) is 20.0 Å². The quantitative estimate of drug-likeness (QED) is 0.910. The molecule has 0 aliphatic carbocycles. The van der Waals surface area contributed by atoms with Gasteiger partial charge in [0.1, 0.15) is 6.54 Å². The van der Waals surface area contributed by atoms with E-state index in [0.29, 0.717) is 6.54 Å². The Labute approximate surface area is 102 Å². The molecule has 5 nitrogen and oxygen atoms in total. The van der Waals surface area contributed by atoms with Crippen LogP contribution in [0.4, 0.5) is 0 Å². The molecule has 0 atom stereocenters. The maximum Gasteiger partial charge on any atom is 0.158 e. The van der Waals surface area contributed by atoms with Gasteiger partial charge in [-0.05, 0) is 22.5 Å². The largest absolute Gasteiger partial charge is 0.359 e. The molecule has 2 heterocycles. The number of rotatable bonds is 5. The summed E-state index contributed by atoms with van der Waals surface area (Å²) in [5.74, 6) is 0.809. The van der Waals surface area contributed by atoms with E-state index in [1.54, 1.807) is 10.9 Å². The smallest absolute Gasteiger partial charge is 0.158 e. The van der Waals surface area contributed by atoms with Crippen LogP contribution in [0.3, 0.4) is 0 Å². The fourth-order valence-corrected chi connectivity index (χ4v) is 1.68. The van der Waals surface area contributed by atoms with Gasteiger partial charge in [0.15, 0.2) is 5.76 Å². The molecule has 6 heteroatoms. The first-order chi connectivity index (χ1) is 7.78. The molecule has 0 fully saturated rings. The summed E-state index contributed by atoms with van der Waals surface area (Å²) in [5.41, 5.74) is 0.920. The Bertz CT molecular complexity index is 451. The summed E-state index contributed by atoms with van der Waals surface area (Å²) in [5, 5.41) is 11.3. The summed E-state index contributed by atoms with van der Waals surface area (Å²) in [4.78, 5) is 0. The Morgan fingerprint density at radius 3 is 3.12 bits per heavy atom. The number of nitrogens with one attached hydrogen (secondary N) is 1. The van der Waals surface area contributed by atoms with Crippen molar-refractivity contribution in [3.8, 4) is 0 Å². The minimum atomic E-state index is 0.602. The molecule has 0 radical (unpaired) electrons. The van der Waals surface area contributed by atoms with Gasteiger partial charge in [-0.15, -0.1) is 0 Å². The van der Waals surface area contributed by atoms with Gasteiger partial charge < -0.3 is 9.84 Å². The second kappa shape index (κ2) is 5.27. The molecular weight excluding hydrogens is 272 g/mol. The summed E-state index contributed by atoms with van der Waals surface area (Å²) in [6.07, 6.45) is 3.64. The molecule has 1 N–H and O–H groups in total. The predicted octanol–water partition coefficient (Wildman–Crippen LogP) is 1.79. The normalized spacial score (nSPS) is 10.9. The molecular formula is C10H13BrN4O. The lowest BCUT2D eigenvalue weighted by Crippen LogP contribution is -2.11. The minimum Gasteiger partial charge on any atom is -0.359 e. The Kier molecular flexibility index (Phi) is 3.74. The van der Waals surface area contributed by atoms with Gasteiger partial charge in [-0.3, -0.25) is 4.68 Å². The van der Waals surface area contributed by atoms with Crippen LogP contribution in [0.5, 0.6) is 0 Å². The van der Waals surface area contributed by atoms with E-state index in [1.807, 2.05) is 12.3 Å². The highest BCUT2D eigenvalue weighted by molar-refractivity contribution is 9.10. The zero-order valence-electron chi connectivity index (χ0n) is 8.98. The molecule has 0 saturated heterocycles. The van der Waals surface area contributed by atoms with E-state index in [2.05, 4.69) is 38.4 Å². The minimum absolute atomic E-state index is 0.602. The fraction of sp³-hybridized carbons (Fsp3) is 0.400. The molecule has 0 spiro atoms. The Hall–Kier alpha value is -1.14. The SMILES string of the molecule is CCNCc1cc(Cn2cc(Br)cn2)on1. The number of aromatic nitrogens is 3. The van der Waals surface area contributed by atoms with Gasteiger partial charge in [0, 0.05) is 18.8 Å². The van der Waals surface area contributed by atoms with Crippen LogP contribution >= 0.6 is 15.9 Å². The molecule has 0 saturated carbocycles. The van der Waals surface area contributed by atoms with E-state index in [-0.39, 0.29) is 0 Å². The Morgan fingerprint density at radius 2 is 2.44 bits per heavy atom.